The van der Waals surface area contributed by atoms with Crippen molar-refractivity contribution in [2.45, 2.75) is 46.0 Å². The van der Waals surface area contributed by atoms with E-state index in [1.807, 2.05) is 12.1 Å². The van der Waals surface area contributed by atoms with Crippen LogP contribution in [0, 0.1) is 19.8 Å². The third-order valence-corrected chi connectivity index (χ3v) is 3.65. The molecule has 1 N–H and O–H groups in total. The normalized spacial score (nSPS) is 17.2. The Bertz CT molecular complexity index is 325. The molecule has 1 aliphatic rings. The van der Waals surface area contributed by atoms with Gasteiger partial charge in [-0.3, -0.25) is 0 Å². The zero-order valence-electron chi connectivity index (χ0n) is 9.71. The molecule has 1 heteroatoms. The second-order valence-electron chi connectivity index (χ2n) is 4.91. The van der Waals surface area contributed by atoms with Crippen LogP contribution in [0.2, 0.25) is 0 Å². The first kappa shape index (κ1) is 10.5. The van der Waals surface area contributed by atoms with Crippen molar-refractivity contribution in [3.8, 4) is 5.75 Å². The van der Waals surface area contributed by atoms with E-state index < -0.39 is 0 Å². The molecule has 1 aliphatic carbocycles. The van der Waals surface area contributed by atoms with E-state index in [1.54, 1.807) is 0 Å². The third-order valence-electron chi connectivity index (χ3n) is 3.65. The molecule has 1 fully saturated rings. The van der Waals surface area contributed by atoms with Crippen LogP contribution in [0.25, 0.3) is 0 Å². The topological polar surface area (TPSA) is 20.2 Å². The average molecular weight is 204 g/mol. The van der Waals surface area contributed by atoms with Gasteiger partial charge in [0.2, 0.25) is 0 Å². The quantitative estimate of drug-likeness (QED) is 0.778. The Labute approximate surface area is 92.1 Å². The highest BCUT2D eigenvalue weighted by Gasteiger charge is 2.17. The number of benzene rings is 1. The Morgan fingerprint density at radius 3 is 2.20 bits per heavy atom. The van der Waals surface area contributed by atoms with E-state index in [1.165, 1.54) is 48.8 Å². The van der Waals surface area contributed by atoms with Gasteiger partial charge < -0.3 is 5.11 Å². The average Bonchev–Trinajstić information content (AvgIpc) is 2.63. The van der Waals surface area contributed by atoms with Gasteiger partial charge in [0.15, 0.2) is 0 Å². The van der Waals surface area contributed by atoms with Crippen molar-refractivity contribution in [2.75, 3.05) is 0 Å². The van der Waals surface area contributed by atoms with Crippen LogP contribution in [0.3, 0.4) is 0 Å². The first-order chi connectivity index (χ1) is 7.16. The maximum Gasteiger partial charge on any atom is 0.116 e. The van der Waals surface area contributed by atoms with Gasteiger partial charge in [0.1, 0.15) is 5.75 Å². The van der Waals surface area contributed by atoms with Gasteiger partial charge in [-0.05, 0) is 55.0 Å². The van der Waals surface area contributed by atoms with Crippen molar-refractivity contribution in [1.82, 2.24) is 0 Å². The summed E-state index contributed by atoms with van der Waals surface area (Å²) in [5, 5.41) is 9.48. The van der Waals surface area contributed by atoms with E-state index >= 15 is 0 Å². The van der Waals surface area contributed by atoms with Crippen molar-refractivity contribution in [3.63, 3.8) is 0 Å². The Balaban J connectivity index is 2.19. The van der Waals surface area contributed by atoms with Gasteiger partial charge in [-0.1, -0.05) is 25.7 Å². The molecule has 82 valence electrons. The second kappa shape index (κ2) is 4.26. The molecule has 0 aliphatic heterocycles. The monoisotopic (exact) mass is 204 g/mol. The summed E-state index contributed by atoms with van der Waals surface area (Å²) in [6.45, 7) is 4.22. The minimum atomic E-state index is 0.403. The van der Waals surface area contributed by atoms with E-state index in [9.17, 15) is 5.11 Å². The van der Waals surface area contributed by atoms with Crippen LogP contribution < -0.4 is 0 Å². The second-order valence-corrected chi connectivity index (χ2v) is 4.91. The lowest BCUT2D eigenvalue weighted by molar-refractivity contribution is 0.473. The zero-order chi connectivity index (χ0) is 10.8. The van der Waals surface area contributed by atoms with Crippen molar-refractivity contribution >= 4 is 0 Å². The van der Waals surface area contributed by atoms with Gasteiger partial charge >= 0.3 is 0 Å². The zero-order valence-corrected chi connectivity index (χ0v) is 9.71. The third kappa shape index (κ3) is 2.34. The predicted octanol–water partition coefficient (Wildman–Crippen LogP) is 3.74. The fourth-order valence-electron chi connectivity index (χ4n) is 2.80. The van der Waals surface area contributed by atoms with Gasteiger partial charge in [-0.15, -0.1) is 0 Å². The number of rotatable bonds is 2. The molecular formula is C14H20O. The molecule has 0 saturated heterocycles. The van der Waals surface area contributed by atoms with Crippen LogP contribution in [0.5, 0.6) is 5.75 Å². The van der Waals surface area contributed by atoms with E-state index in [-0.39, 0.29) is 0 Å². The molecule has 1 saturated carbocycles. The molecular weight excluding hydrogens is 184 g/mol. The minimum absolute atomic E-state index is 0.403. The molecule has 0 aromatic heterocycles. The summed E-state index contributed by atoms with van der Waals surface area (Å²) in [4.78, 5) is 0. The molecule has 0 bridgehead atoms. The molecule has 0 atom stereocenters. The van der Waals surface area contributed by atoms with Gasteiger partial charge in [0.25, 0.3) is 0 Å². The molecule has 15 heavy (non-hydrogen) atoms. The Hall–Kier alpha value is -0.980. The number of hydrogen-bond acceptors (Lipinski definition) is 1. The molecule has 0 unspecified atom stereocenters. The van der Waals surface area contributed by atoms with E-state index in [0.29, 0.717) is 5.75 Å². The van der Waals surface area contributed by atoms with Gasteiger partial charge in [-0.25, -0.2) is 0 Å². The highest BCUT2D eigenvalue weighted by atomic mass is 16.3. The fraction of sp³-hybridized carbons (Fsp3) is 0.571. The molecule has 1 nitrogen and oxygen atoms in total. The van der Waals surface area contributed by atoms with Crippen LogP contribution in [-0.4, -0.2) is 5.11 Å². The fourth-order valence-corrected chi connectivity index (χ4v) is 2.80. The Morgan fingerprint density at radius 2 is 1.67 bits per heavy atom. The largest absolute Gasteiger partial charge is 0.508 e. The summed E-state index contributed by atoms with van der Waals surface area (Å²) in [6.07, 6.45) is 6.79. The van der Waals surface area contributed by atoms with Crippen molar-refractivity contribution in [2.24, 2.45) is 5.92 Å². The molecule has 0 heterocycles. The van der Waals surface area contributed by atoms with E-state index in [2.05, 4.69) is 13.8 Å². The summed E-state index contributed by atoms with van der Waals surface area (Å²) in [5.74, 6) is 1.28. The summed E-state index contributed by atoms with van der Waals surface area (Å²) in [7, 11) is 0. The Kier molecular flexibility index (Phi) is 2.99. The standard InChI is InChI=1S/C14H20O/c1-10-7-13(15)8-11(2)14(10)9-12-5-3-4-6-12/h7-8,12,15H,3-6,9H2,1-2H3. The summed E-state index contributed by atoms with van der Waals surface area (Å²) < 4.78 is 0. The predicted molar refractivity (Wildman–Crippen MR) is 63.2 cm³/mol. The number of phenols is 1. The number of phenolic OH excluding ortho intramolecular Hbond substituents is 1. The molecule has 2 rings (SSSR count). The van der Waals surface area contributed by atoms with Crippen LogP contribution in [-0.2, 0) is 6.42 Å². The van der Waals surface area contributed by atoms with E-state index in [4.69, 9.17) is 0 Å². The summed E-state index contributed by atoms with van der Waals surface area (Å²) in [6, 6.07) is 3.77. The molecule has 0 amide bonds. The lowest BCUT2D eigenvalue weighted by atomic mass is 9.91. The first-order valence-corrected chi connectivity index (χ1v) is 5.96. The van der Waals surface area contributed by atoms with Crippen LogP contribution >= 0.6 is 0 Å². The molecule has 0 radical (unpaired) electrons. The number of hydrogen-bond donors (Lipinski definition) is 1. The highest BCUT2D eigenvalue weighted by molar-refractivity contribution is 5.40. The highest BCUT2D eigenvalue weighted by Crippen LogP contribution is 2.31. The molecule has 1 aromatic carbocycles. The van der Waals surface area contributed by atoms with Crippen LogP contribution in [0.1, 0.15) is 42.4 Å². The molecule has 0 spiro atoms. The molecule has 1 aromatic rings. The van der Waals surface area contributed by atoms with Gasteiger partial charge in [-0.2, -0.15) is 0 Å². The van der Waals surface area contributed by atoms with Crippen LogP contribution in [0.15, 0.2) is 12.1 Å². The summed E-state index contributed by atoms with van der Waals surface area (Å²) >= 11 is 0. The minimum Gasteiger partial charge on any atom is -0.508 e. The van der Waals surface area contributed by atoms with Crippen LogP contribution in [0.4, 0.5) is 0 Å². The SMILES string of the molecule is Cc1cc(O)cc(C)c1CC1CCCC1. The van der Waals surface area contributed by atoms with Crippen molar-refractivity contribution in [3.05, 3.63) is 28.8 Å². The van der Waals surface area contributed by atoms with Crippen molar-refractivity contribution < 1.29 is 5.11 Å². The lowest BCUT2D eigenvalue weighted by Crippen LogP contribution is -2.02. The lowest BCUT2D eigenvalue weighted by Gasteiger charge is -2.14. The maximum absolute atomic E-state index is 9.48. The van der Waals surface area contributed by atoms with Gasteiger partial charge in [0, 0.05) is 0 Å². The van der Waals surface area contributed by atoms with Gasteiger partial charge in [0.05, 0.1) is 0 Å². The summed E-state index contributed by atoms with van der Waals surface area (Å²) in [5.41, 5.74) is 3.96. The maximum atomic E-state index is 9.48. The van der Waals surface area contributed by atoms with E-state index in [0.717, 1.165) is 5.92 Å². The number of aromatic hydroxyl groups is 1. The smallest absolute Gasteiger partial charge is 0.116 e. The first-order valence-electron chi connectivity index (χ1n) is 5.96. The Morgan fingerprint density at radius 1 is 1.13 bits per heavy atom. The van der Waals surface area contributed by atoms with Crippen molar-refractivity contribution in [1.29, 1.82) is 0 Å². The number of aryl methyl sites for hydroxylation is 2.